The second kappa shape index (κ2) is 6.51. The molecular formula is C14H21F3N4. The number of likely N-dealkylation sites (tertiary alicyclic amines) is 1. The van der Waals surface area contributed by atoms with Crippen molar-refractivity contribution in [2.45, 2.75) is 32.0 Å². The van der Waals surface area contributed by atoms with E-state index in [1.54, 1.807) is 0 Å². The van der Waals surface area contributed by atoms with Crippen molar-refractivity contribution < 1.29 is 13.2 Å². The Hall–Kier alpha value is -1.50. The van der Waals surface area contributed by atoms with E-state index < -0.39 is 11.7 Å². The van der Waals surface area contributed by atoms with Gasteiger partial charge in [0.15, 0.2) is 0 Å². The number of hydrogen-bond acceptors (Lipinski definition) is 4. The molecule has 0 aromatic carbocycles. The van der Waals surface area contributed by atoms with Gasteiger partial charge < -0.3 is 15.5 Å². The van der Waals surface area contributed by atoms with Crippen LogP contribution in [-0.2, 0) is 6.18 Å². The molecule has 1 aliphatic heterocycles. The molecule has 2 heterocycles. The normalized spacial score (nSPS) is 17.8. The van der Waals surface area contributed by atoms with Crippen molar-refractivity contribution >= 4 is 11.6 Å². The summed E-state index contributed by atoms with van der Waals surface area (Å²) in [7, 11) is 2.04. The maximum atomic E-state index is 12.9. The predicted octanol–water partition coefficient (Wildman–Crippen LogP) is 3.04. The number of hydrogen-bond donors (Lipinski definition) is 2. The van der Waals surface area contributed by atoms with Gasteiger partial charge in [0.25, 0.3) is 0 Å². The fourth-order valence-electron chi connectivity index (χ4n) is 2.40. The molecular weight excluding hydrogens is 281 g/mol. The van der Waals surface area contributed by atoms with Crippen molar-refractivity contribution in [3.63, 3.8) is 0 Å². The lowest BCUT2D eigenvalue weighted by atomic mass is 10.1. The Bertz CT molecular complexity index is 468. The second-order valence-corrected chi connectivity index (χ2v) is 5.38. The van der Waals surface area contributed by atoms with Gasteiger partial charge in [-0.05, 0) is 52.0 Å². The van der Waals surface area contributed by atoms with Gasteiger partial charge >= 0.3 is 6.18 Å². The van der Waals surface area contributed by atoms with E-state index >= 15 is 0 Å². The molecule has 0 aliphatic carbocycles. The van der Waals surface area contributed by atoms with Crippen LogP contribution in [0.3, 0.4) is 0 Å². The summed E-state index contributed by atoms with van der Waals surface area (Å²) in [5.74, 6) is 0.540. The zero-order valence-electron chi connectivity index (χ0n) is 12.3. The summed E-state index contributed by atoms with van der Waals surface area (Å²) in [6.07, 6.45) is -2.55. The summed E-state index contributed by atoms with van der Waals surface area (Å²) in [4.78, 5) is 6.42. The van der Waals surface area contributed by atoms with Gasteiger partial charge in [0.05, 0.1) is 5.56 Å². The average Bonchev–Trinajstić information content (AvgIpc) is 2.41. The van der Waals surface area contributed by atoms with Gasteiger partial charge in [-0.1, -0.05) is 0 Å². The first-order valence-corrected chi connectivity index (χ1v) is 7.16. The van der Waals surface area contributed by atoms with E-state index in [9.17, 15) is 13.2 Å². The lowest BCUT2D eigenvalue weighted by Crippen LogP contribution is -2.37. The Labute approximate surface area is 122 Å². The molecule has 0 spiro atoms. The van der Waals surface area contributed by atoms with Crippen molar-refractivity contribution in [1.29, 1.82) is 0 Å². The summed E-state index contributed by atoms with van der Waals surface area (Å²) >= 11 is 0. The van der Waals surface area contributed by atoms with Crippen molar-refractivity contribution in [2.75, 3.05) is 37.3 Å². The number of pyridine rings is 1. The Kier molecular flexibility index (Phi) is 4.92. The minimum Gasteiger partial charge on any atom is -0.370 e. The SMILES string of the molecule is CCNc1cc(C(F)(F)F)cc(NC2CCN(C)CC2)n1. The number of nitrogens with one attached hydrogen (secondary N) is 2. The Balaban J connectivity index is 2.15. The van der Waals surface area contributed by atoms with Gasteiger partial charge in [-0.2, -0.15) is 13.2 Å². The summed E-state index contributed by atoms with van der Waals surface area (Å²) in [6.45, 7) is 4.24. The standard InChI is InChI=1S/C14H21F3N4/c1-3-18-12-8-10(14(15,16)17)9-13(20-12)19-11-4-6-21(2)7-5-11/h8-9,11H,3-7H2,1-2H3,(H2,18,19,20). The zero-order valence-corrected chi connectivity index (χ0v) is 12.3. The molecule has 4 nitrogen and oxygen atoms in total. The molecule has 7 heteroatoms. The van der Waals surface area contributed by atoms with Gasteiger partial charge in [0.2, 0.25) is 0 Å². The van der Waals surface area contributed by atoms with Crippen molar-refractivity contribution in [3.05, 3.63) is 17.7 Å². The average molecular weight is 302 g/mol. The molecule has 2 N–H and O–H groups in total. The van der Waals surface area contributed by atoms with Gasteiger partial charge in [0.1, 0.15) is 11.6 Å². The predicted molar refractivity (Wildman–Crippen MR) is 77.5 cm³/mol. The van der Waals surface area contributed by atoms with Gasteiger partial charge in [-0.25, -0.2) is 4.98 Å². The molecule has 0 amide bonds. The Morgan fingerprint density at radius 1 is 1.24 bits per heavy atom. The third-order valence-electron chi connectivity index (χ3n) is 3.58. The van der Waals surface area contributed by atoms with Crippen LogP contribution < -0.4 is 10.6 Å². The summed E-state index contributed by atoms with van der Waals surface area (Å²) in [6, 6.07) is 2.30. The van der Waals surface area contributed by atoms with Crippen LogP contribution in [0.2, 0.25) is 0 Å². The Morgan fingerprint density at radius 2 is 1.86 bits per heavy atom. The number of piperidine rings is 1. The molecule has 1 fully saturated rings. The smallest absolute Gasteiger partial charge is 0.370 e. The molecule has 0 unspecified atom stereocenters. The minimum absolute atomic E-state index is 0.173. The van der Waals surface area contributed by atoms with E-state index in [-0.39, 0.29) is 17.7 Å². The lowest BCUT2D eigenvalue weighted by Gasteiger charge is -2.30. The van der Waals surface area contributed by atoms with Gasteiger partial charge in [0, 0.05) is 12.6 Å². The number of halogens is 3. The highest BCUT2D eigenvalue weighted by molar-refractivity contribution is 5.50. The van der Waals surface area contributed by atoms with E-state index in [0.29, 0.717) is 6.54 Å². The molecule has 118 valence electrons. The van der Waals surface area contributed by atoms with Crippen LogP contribution in [0.1, 0.15) is 25.3 Å². The molecule has 1 aromatic rings. The summed E-state index contributed by atoms with van der Waals surface area (Å²) < 4.78 is 38.8. The van der Waals surface area contributed by atoms with Crippen molar-refractivity contribution in [3.8, 4) is 0 Å². The molecule has 1 aliphatic rings. The van der Waals surface area contributed by atoms with E-state index in [0.717, 1.165) is 38.1 Å². The van der Waals surface area contributed by atoms with Crippen molar-refractivity contribution in [2.24, 2.45) is 0 Å². The van der Waals surface area contributed by atoms with E-state index in [2.05, 4.69) is 20.5 Å². The number of alkyl halides is 3. The maximum absolute atomic E-state index is 12.9. The van der Waals surface area contributed by atoms with Crippen LogP contribution in [0, 0.1) is 0 Å². The van der Waals surface area contributed by atoms with Gasteiger partial charge in [-0.3, -0.25) is 0 Å². The molecule has 1 saturated heterocycles. The highest BCUT2D eigenvalue weighted by Gasteiger charge is 2.32. The topological polar surface area (TPSA) is 40.2 Å². The highest BCUT2D eigenvalue weighted by atomic mass is 19.4. The number of nitrogens with zero attached hydrogens (tertiary/aromatic N) is 2. The lowest BCUT2D eigenvalue weighted by molar-refractivity contribution is -0.137. The first-order chi connectivity index (χ1) is 9.88. The first-order valence-electron chi connectivity index (χ1n) is 7.16. The largest absolute Gasteiger partial charge is 0.416 e. The molecule has 0 atom stereocenters. The first kappa shape index (κ1) is 15.9. The van der Waals surface area contributed by atoms with Gasteiger partial charge in [-0.15, -0.1) is 0 Å². The number of anilines is 2. The fourth-order valence-corrected chi connectivity index (χ4v) is 2.40. The quantitative estimate of drug-likeness (QED) is 0.897. The van der Waals surface area contributed by atoms with Crippen LogP contribution in [0.5, 0.6) is 0 Å². The fraction of sp³-hybridized carbons (Fsp3) is 0.643. The van der Waals surface area contributed by atoms with Crippen LogP contribution in [-0.4, -0.2) is 42.6 Å². The summed E-state index contributed by atoms with van der Waals surface area (Å²) in [5.41, 5.74) is -0.677. The molecule has 0 radical (unpaired) electrons. The third-order valence-corrected chi connectivity index (χ3v) is 3.58. The van der Waals surface area contributed by atoms with E-state index in [1.165, 1.54) is 0 Å². The molecule has 0 bridgehead atoms. The number of aromatic nitrogens is 1. The van der Waals surface area contributed by atoms with E-state index in [1.807, 2.05) is 14.0 Å². The third kappa shape index (κ3) is 4.49. The molecule has 1 aromatic heterocycles. The van der Waals surface area contributed by atoms with Crippen LogP contribution in [0.25, 0.3) is 0 Å². The molecule has 2 rings (SSSR count). The maximum Gasteiger partial charge on any atom is 0.416 e. The zero-order chi connectivity index (χ0) is 15.5. The Morgan fingerprint density at radius 3 is 2.43 bits per heavy atom. The van der Waals surface area contributed by atoms with Crippen LogP contribution in [0.15, 0.2) is 12.1 Å². The second-order valence-electron chi connectivity index (χ2n) is 5.38. The van der Waals surface area contributed by atoms with Crippen molar-refractivity contribution in [1.82, 2.24) is 9.88 Å². The van der Waals surface area contributed by atoms with Crippen LogP contribution in [0.4, 0.5) is 24.8 Å². The summed E-state index contributed by atoms with van der Waals surface area (Å²) in [5, 5.41) is 5.98. The van der Waals surface area contributed by atoms with Crippen LogP contribution >= 0.6 is 0 Å². The highest BCUT2D eigenvalue weighted by Crippen LogP contribution is 2.32. The molecule has 21 heavy (non-hydrogen) atoms. The number of rotatable bonds is 4. The van der Waals surface area contributed by atoms with E-state index in [4.69, 9.17) is 0 Å². The molecule has 0 saturated carbocycles. The monoisotopic (exact) mass is 302 g/mol. The minimum atomic E-state index is -4.36.